The molecule has 0 radical (unpaired) electrons. The first kappa shape index (κ1) is 13.3. The molecule has 0 aliphatic carbocycles. The topological polar surface area (TPSA) is 45.4 Å². The van der Waals surface area contributed by atoms with Crippen molar-refractivity contribution in [1.29, 1.82) is 0 Å². The summed E-state index contributed by atoms with van der Waals surface area (Å²) in [5, 5.41) is 0. The number of amides is 1. The average molecular weight is 273 g/mol. The van der Waals surface area contributed by atoms with Gasteiger partial charge < -0.3 is 14.4 Å². The third-order valence-electron chi connectivity index (χ3n) is 3.50. The third kappa shape index (κ3) is 3.68. The number of benzene rings is 1. The molecule has 0 spiro atoms. The summed E-state index contributed by atoms with van der Waals surface area (Å²) >= 11 is 0. The second-order valence-electron chi connectivity index (χ2n) is 5.39. The van der Waals surface area contributed by atoms with E-state index < -0.39 is 0 Å². The lowest BCUT2D eigenvalue weighted by atomic mass is 10.1. The number of carbonyl (C=O) groups is 1. The van der Waals surface area contributed by atoms with Crippen LogP contribution in [0.5, 0.6) is 0 Å². The van der Waals surface area contributed by atoms with Gasteiger partial charge in [0.25, 0.3) is 0 Å². The van der Waals surface area contributed by atoms with E-state index in [1.54, 1.807) is 0 Å². The highest BCUT2D eigenvalue weighted by Crippen LogP contribution is 2.18. The molecule has 2 aliphatic rings. The fourth-order valence-electron chi connectivity index (χ4n) is 2.22. The van der Waals surface area contributed by atoms with E-state index in [1.165, 1.54) is 0 Å². The van der Waals surface area contributed by atoms with Crippen LogP contribution in [0.3, 0.4) is 0 Å². The molecule has 4 heteroatoms. The highest BCUT2D eigenvalue weighted by atomic mass is 16.6. The molecular formula is C16H19NO3. The number of hydrogen-bond donors (Lipinski definition) is 0. The minimum atomic E-state index is 0.0138. The van der Waals surface area contributed by atoms with Gasteiger partial charge in [-0.25, -0.2) is 0 Å². The smallest absolute Gasteiger partial charge is 0.249 e. The van der Waals surface area contributed by atoms with Gasteiger partial charge in [0.05, 0.1) is 25.4 Å². The van der Waals surface area contributed by atoms with E-state index >= 15 is 0 Å². The zero-order chi connectivity index (χ0) is 13.9. The molecule has 2 unspecified atom stereocenters. The summed E-state index contributed by atoms with van der Waals surface area (Å²) < 4.78 is 10.4. The quantitative estimate of drug-likeness (QED) is 0.557. The van der Waals surface area contributed by atoms with Crippen LogP contribution < -0.4 is 0 Å². The summed E-state index contributed by atoms with van der Waals surface area (Å²) in [7, 11) is 0. The highest BCUT2D eigenvalue weighted by Gasteiger charge is 2.33. The van der Waals surface area contributed by atoms with Crippen molar-refractivity contribution in [3.8, 4) is 0 Å². The second kappa shape index (κ2) is 5.77. The van der Waals surface area contributed by atoms with Crippen molar-refractivity contribution in [3.63, 3.8) is 0 Å². The van der Waals surface area contributed by atoms with E-state index in [9.17, 15) is 4.79 Å². The van der Waals surface area contributed by atoms with E-state index in [4.69, 9.17) is 9.47 Å². The van der Waals surface area contributed by atoms with Crippen molar-refractivity contribution in [2.24, 2.45) is 0 Å². The van der Waals surface area contributed by atoms with Crippen LogP contribution in [0.2, 0.25) is 0 Å². The molecule has 2 atom stereocenters. The molecule has 0 saturated carbocycles. The summed E-state index contributed by atoms with van der Waals surface area (Å²) in [5.41, 5.74) is 1.73. The lowest BCUT2D eigenvalue weighted by Crippen LogP contribution is -2.38. The van der Waals surface area contributed by atoms with Crippen LogP contribution in [0, 0.1) is 0 Å². The van der Waals surface area contributed by atoms with E-state index in [2.05, 4.69) is 6.58 Å². The average Bonchev–Trinajstić information content (AvgIpc) is 3.33. The van der Waals surface area contributed by atoms with Crippen molar-refractivity contribution >= 4 is 5.91 Å². The molecule has 1 amide bonds. The van der Waals surface area contributed by atoms with Crippen molar-refractivity contribution in [3.05, 3.63) is 48.0 Å². The van der Waals surface area contributed by atoms with E-state index in [-0.39, 0.29) is 18.1 Å². The Labute approximate surface area is 119 Å². The van der Waals surface area contributed by atoms with E-state index in [0.717, 1.165) is 18.8 Å². The Morgan fingerprint density at radius 3 is 2.20 bits per heavy atom. The third-order valence-corrected chi connectivity index (χ3v) is 3.50. The Kier molecular flexibility index (Phi) is 3.85. The molecular weight excluding hydrogens is 254 g/mol. The molecule has 3 rings (SSSR count). The normalized spacial score (nSPS) is 23.2. The maximum absolute atomic E-state index is 12.5. The summed E-state index contributed by atoms with van der Waals surface area (Å²) in [4.78, 5) is 14.3. The van der Waals surface area contributed by atoms with Crippen LogP contribution in [0.25, 0.3) is 0 Å². The largest absolute Gasteiger partial charge is 0.371 e. The van der Waals surface area contributed by atoms with E-state index in [0.29, 0.717) is 25.1 Å². The fourth-order valence-corrected chi connectivity index (χ4v) is 2.22. The van der Waals surface area contributed by atoms with Gasteiger partial charge in [0.1, 0.15) is 0 Å². The van der Waals surface area contributed by atoms with Crippen LogP contribution in [0.1, 0.15) is 5.56 Å². The maximum atomic E-state index is 12.5. The Hall–Kier alpha value is -1.65. The summed E-state index contributed by atoms with van der Waals surface area (Å²) in [6, 6.07) is 9.94. The highest BCUT2D eigenvalue weighted by molar-refractivity contribution is 5.93. The predicted molar refractivity (Wildman–Crippen MR) is 75.3 cm³/mol. The summed E-state index contributed by atoms with van der Waals surface area (Å²) in [6.45, 7) is 6.74. The van der Waals surface area contributed by atoms with Crippen LogP contribution >= 0.6 is 0 Å². The SMILES string of the molecule is C=C(Cc1ccccc1)C(=O)N(CC1CO1)CC1CO1. The first-order valence-corrected chi connectivity index (χ1v) is 6.96. The van der Waals surface area contributed by atoms with Gasteiger partial charge in [-0.2, -0.15) is 0 Å². The standard InChI is InChI=1S/C16H19NO3/c1-12(7-13-5-3-2-4-6-13)16(18)17(8-14-10-19-14)9-15-11-20-15/h2-6,14-15H,1,7-11H2. The second-order valence-corrected chi connectivity index (χ2v) is 5.39. The zero-order valence-corrected chi connectivity index (χ0v) is 11.5. The number of epoxide rings is 2. The number of ether oxygens (including phenoxy) is 2. The molecule has 4 nitrogen and oxygen atoms in total. The van der Waals surface area contributed by atoms with Gasteiger partial charge in [0.2, 0.25) is 5.91 Å². The molecule has 20 heavy (non-hydrogen) atoms. The maximum Gasteiger partial charge on any atom is 0.249 e. The number of nitrogens with zero attached hydrogens (tertiary/aromatic N) is 1. The van der Waals surface area contributed by atoms with Crippen molar-refractivity contribution < 1.29 is 14.3 Å². The van der Waals surface area contributed by atoms with Gasteiger partial charge in [-0.05, 0) is 5.56 Å². The first-order chi connectivity index (χ1) is 9.72. The molecule has 0 aromatic heterocycles. The molecule has 2 aliphatic heterocycles. The number of carbonyl (C=O) groups excluding carboxylic acids is 1. The van der Waals surface area contributed by atoms with E-state index in [1.807, 2.05) is 35.2 Å². The lowest BCUT2D eigenvalue weighted by molar-refractivity contribution is -0.127. The Morgan fingerprint density at radius 2 is 1.70 bits per heavy atom. The van der Waals surface area contributed by atoms with Crippen LogP contribution in [-0.2, 0) is 20.7 Å². The molecule has 2 heterocycles. The zero-order valence-electron chi connectivity index (χ0n) is 11.5. The number of rotatable bonds is 7. The van der Waals surface area contributed by atoms with Gasteiger partial charge in [-0.1, -0.05) is 36.9 Å². The van der Waals surface area contributed by atoms with Gasteiger partial charge in [0, 0.05) is 25.1 Å². The molecule has 106 valence electrons. The Balaban J connectivity index is 1.59. The Morgan fingerprint density at radius 1 is 1.15 bits per heavy atom. The Bertz CT molecular complexity index is 478. The van der Waals surface area contributed by atoms with Gasteiger partial charge >= 0.3 is 0 Å². The minimum Gasteiger partial charge on any atom is -0.371 e. The minimum absolute atomic E-state index is 0.0138. The first-order valence-electron chi connectivity index (χ1n) is 6.96. The van der Waals surface area contributed by atoms with Gasteiger partial charge in [-0.15, -0.1) is 0 Å². The van der Waals surface area contributed by atoms with Crippen molar-refractivity contribution in [2.45, 2.75) is 18.6 Å². The molecule has 0 bridgehead atoms. The van der Waals surface area contributed by atoms with Crippen molar-refractivity contribution in [1.82, 2.24) is 4.90 Å². The lowest BCUT2D eigenvalue weighted by Gasteiger charge is -2.22. The van der Waals surface area contributed by atoms with Crippen LogP contribution in [-0.4, -0.2) is 49.3 Å². The molecule has 1 aromatic carbocycles. The van der Waals surface area contributed by atoms with Crippen LogP contribution in [0.4, 0.5) is 0 Å². The predicted octanol–water partition coefficient (Wildman–Crippen LogP) is 1.41. The molecule has 2 fully saturated rings. The van der Waals surface area contributed by atoms with Crippen molar-refractivity contribution in [2.75, 3.05) is 26.3 Å². The molecule has 2 saturated heterocycles. The monoisotopic (exact) mass is 273 g/mol. The van der Waals surface area contributed by atoms with Gasteiger partial charge in [0.15, 0.2) is 0 Å². The molecule has 0 N–H and O–H groups in total. The molecule has 1 aromatic rings. The summed E-state index contributed by atoms with van der Waals surface area (Å²) in [6.07, 6.45) is 0.984. The number of hydrogen-bond acceptors (Lipinski definition) is 3. The van der Waals surface area contributed by atoms with Crippen LogP contribution in [0.15, 0.2) is 42.5 Å². The van der Waals surface area contributed by atoms with Gasteiger partial charge in [-0.3, -0.25) is 4.79 Å². The summed E-state index contributed by atoms with van der Waals surface area (Å²) in [5.74, 6) is 0.0138. The fraction of sp³-hybridized carbons (Fsp3) is 0.438.